The molecule has 2 heterocycles. The van der Waals surface area contributed by atoms with Gasteiger partial charge in [-0.3, -0.25) is 0 Å². The number of piperidine rings is 1. The standard InChI is InChI=1S/C19H26N2O2/c1-4-5-15-12-16(22-3)13-17-18(20-23-19(15)17)7-6-14-8-10-21(2)11-9-14/h4-5,12-14H,6-11H2,1-3H3. The van der Waals surface area contributed by atoms with Crippen LogP contribution in [-0.2, 0) is 6.42 Å². The number of methoxy groups -OCH3 is 1. The Morgan fingerprint density at radius 1 is 1.35 bits per heavy atom. The first kappa shape index (κ1) is 16.1. The summed E-state index contributed by atoms with van der Waals surface area (Å²) in [6.45, 7) is 4.43. The Labute approximate surface area is 138 Å². The molecule has 1 saturated heterocycles. The summed E-state index contributed by atoms with van der Waals surface area (Å²) in [6.07, 6.45) is 8.79. The maximum atomic E-state index is 5.62. The number of nitrogens with zero attached hydrogens (tertiary/aromatic N) is 2. The van der Waals surface area contributed by atoms with Gasteiger partial charge in [-0.15, -0.1) is 0 Å². The van der Waals surface area contributed by atoms with Crippen LogP contribution in [0.1, 0.15) is 37.4 Å². The Hall–Kier alpha value is -1.81. The molecule has 0 bridgehead atoms. The Kier molecular flexibility index (Phi) is 5.01. The molecule has 0 aliphatic carbocycles. The van der Waals surface area contributed by atoms with Crippen molar-refractivity contribution in [1.29, 1.82) is 0 Å². The summed E-state index contributed by atoms with van der Waals surface area (Å²) in [5, 5.41) is 5.43. The Balaban J connectivity index is 1.79. The van der Waals surface area contributed by atoms with E-state index < -0.39 is 0 Å². The number of aromatic nitrogens is 1. The van der Waals surface area contributed by atoms with Gasteiger partial charge in [-0.05, 0) is 70.8 Å². The topological polar surface area (TPSA) is 38.5 Å². The third kappa shape index (κ3) is 3.58. The molecule has 4 heteroatoms. The van der Waals surface area contributed by atoms with Crippen molar-refractivity contribution in [2.24, 2.45) is 5.92 Å². The number of hydrogen-bond donors (Lipinski definition) is 0. The zero-order valence-electron chi connectivity index (χ0n) is 14.3. The normalized spacial score (nSPS) is 17.3. The van der Waals surface area contributed by atoms with Crippen molar-refractivity contribution in [3.05, 3.63) is 29.5 Å². The number of rotatable bonds is 5. The van der Waals surface area contributed by atoms with Crippen molar-refractivity contribution in [1.82, 2.24) is 10.1 Å². The van der Waals surface area contributed by atoms with Crippen molar-refractivity contribution < 1.29 is 9.26 Å². The van der Waals surface area contributed by atoms with Gasteiger partial charge in [-0.2, -0.15) is 0 Å². The minimum Gasteiger partial charge on any atom is -0.497 e. The summed E-state index contributed by atoms with van der Waals surface area (Å²) >= 11 is 0. The molecule has 0 saturated carbocycles. The minimum absolute atomic E-state index is 0.804. The molecule has 0 unspecified atom stereocenters. The molecule has 1 aromatic heterocycles. The first-order valence-corrected chi connectivity index (χ1v) is 8.48. The molecule has 0 radical (unpaired) electrons. The molecule has 0 amide bonds. The zero-order chi connectivity index (χ0) is 16.2. The summed E-state index contributed by atoms with van der Waals surface area (Å²) in [6, 6.07) is 4.04. The molecule has 1 fully saturated rings. The second kappa shape index (κ2) is 7.18. The summed E-state index contributed by atoms with van der Waals surface area (Å²) in [7, 11) is 3.91. The van der Waals surface area contributed by atoms with Gasteiger partial charge in [0.05, 0.1) is 12.8 Å². The number of allylic oxidation sites excluding steroid dienone is 1. The lowest BCUT2D eigenvalue weighted by Crippen LogP contribution is -2.30. The summed E-state index contributed by atoms with van der Waals surface area (Å²) in [4.78, 5) is 2.41. The van der Waals surface area contributed by atoms with E-state index in [9.17, 15) is 0 Å². The predicted molar refractivity (Wildman–Crippen MR) is 93.8 cm³/mol. The number of aryl methyl sites for hydroxylation is 1. The van der Waals surface area contributed by atoms with E-state index in [4.69, 9.17) is 9.26 Å². The van der Waals surface area contributed by atoms with Gasteiger partial charge in [0.25, 0.3) is 0 Å². The van der Waals surface area contributed by atoms with Crippen LogP contribution in [0.3, 0.4) is 0 Å². The molecule has 0 N–H and O–H groups in total. The second-order valence-electron chi connectivity index (χ2n) is 6.51. The molecule has 4 nitrogen and oxygen atoms in total. The van der Waals surface area contributed by atoms with E-state index in [1.807, 2.05) is 31.2 Å². The highest BCUT2D eigenvalue weighted by Gasteiger charge is 2.19. The zero-order valence-corrected chi connectivity index (χ0v) is 14.3. The van der Waals surface area contributed by atoms with Crippen LogP contribution >= 0.6 is 0 Å². The largest absolute Gasteiger partial charge is 0.497 e. The van der Waals surface area contributed by atoms with E-state index in [0.29, 0.717) is 0 Å². The average Bonchev–Trinajstić information content (AvgIpc) is 2.98. The van der Waals surface area contributed by atoms with Crippen LogP contribution in [0.2, 0.25) is 0 Å². The van der Waals surface area contributed by atoms with Crippen molar-refractivity contribution in [3.8, 4) is 5.75 Å². The van der Waals surface area contributed by atoms with Crippen LogP contribution in [0, 0.1) is 5.92 Å². The van der Waals surface area contributed by atoms with Gasteiger partial charge in [0.2, 0.25) is 0 Å². The van der Waals surface area contributed by atoms with Gasteiger partial charge >= 0.3 is 0 Å². The first-order valence-electron chi connectivity index (χ1n) is 8.48. The van der Waals surface area contributed by atoms with E-state index >= 15 is 0 Å². The fourth-order valence-corrected chi connectivity index (χ4v) is 3.38. The minimum atomic E-state index is 0.804. The molecular weight excluding hydrogens is 288 g/mol. The van der Waals surface area contributed by atoms with Crippen LogP contribution in [0.4, 0.5) is 0 Å². The maximum Gasteiger partial charge on any atom is 0.174 e. The van der Waals surface area contributed by atoms with E-state index in [1.165, 1.54) is 32.4 Å². The van der Waals surface area contributed by atoms with E-state index in [-0.39, 0.29) is 0 Å². The lowest BCUT2D eigenvalue weighted by atomic mass is 9.91. The second-order valence-corrected chi connectivity index (χ2v) is 6.51. The molecule has 2 aromatic rings. The van der Waals surface area contributed by atoms with Crippen LogP contribution in [0.15, 0.2) is 22.7 Å². The lowest BCUT2D eigenvalue weighted by Gasteiger charge is -2.28. The highest BCUT2D eigenvalue weighted by molar-refractivity contribution is 5.89. The van der Waals surface area contributed by atoms with Gasteiger partial charge in [0.1, 0.15) is 5.75 Å². The van der Waals surface area contributed by atoms with Crippen LogP contribution in [0.25, 0.3) is 17.0 Å². The van der Waals surface area contributed by atoms with Crippen molar-refractivity contribution in [2.75, 3.05) is 27.2 Å². The Morgan fingerprint density at radius 3 is 2.83 bits per heavy atom. The maximum absolute atomic E-state index is 5.62. The van der Waals surface area contributed by atoms with E-state index in [2.05, 4.69) is 17.1 Å². The number of fused-ring (bicyclic) bond motifs is 1. The molecule has 0 spiro atoms. The quantitative estimate of drug-likeness (QED) is 0.831. The van der Waals surface area contributed by atoms with Crippen molar-refractivity contribution in [2.45, 2.75) is 32.6 Å². The average molecular weight is 314 g/mol. The van der Waals surface area contributed by atoms with Crippen molar-refractivity contribution >= 4 is 17.0 Å². The monoisotopic (exact) mass is 314 g/mol. The smallest absolute Gasteiger partial charge is 0.174 e. The summed E-state index contributed by atoms with van der Waals surface area (Å²) < 4.78 is 11.1. The van der Waals surface area contributed by atoms with Gasteiger partial charge in [0.15, 0.2) is 5.58 Å². The Bertz CT molecular complexity index is 682. The summed E-state index contributed by atoms with van der Waals surface area (Å²) in [5.74, 6) is 1.66. The third-order valence-electron chi connectivity index (χ3n) is 4.86. The number of likely N-dealkylation sites (tertiary alicyclic amines) is 1. The SMILES string of the molecule is CC=Cc1cc(OC)cc2c(CCC3CCN(C)CC3)noc12. The molecule has 1 aromatic carbocycles. The van der Waals surface area contributed by atoms with E-state index in [0.717, 1.165) is 40.3 Å². The molecule has 0 atom stereocenters. The van der Waals surface area contributed by atoms with Gasteiger partial charge in [-0.25, -0.2) is 0 Å². The van der Waals surface area contributed by atoms with Gasteiger partial charge in [0, 0.05) is 10.9 Å². The number of hydrogen-bond acceptors (Lipinski definition) is 4. The van der Waals surface area contributed by atoms with Gasteiger partial charge in [-0.1, -0.05) is 17.3 Å². The lowest BCUT2D eigenvalue weighted by molar-refractivity contribution is 0.212. The fourth-order valence-electron chi connectivity index (χ4n) is 3.38. The number of benzene rings is 1. The van der Waals surface area contributed by atoms with Gasteiger partial charge < -0.3 is 14.2 Å². The first-order chi connectivity index (χ1) is 11.2. The van der Waals surface area contributed by atoms with E-state index in [1.54, 1.807) is 7.11 Å². The highest BCUT2D eigenvalue weighted by Crippen LogP contribution is 2.31. The van der Waals surface area contributed by atoms with Crippen LogP contribution in [0.5, 0.6) is 5.75 Å². The highest BCUT2D eigenvalue weighted by atomic mass is 16.5. The summed E-state index contributed by atoms with van der Waals surface area (Å²) in [5.41, 5.74) is 2.95. The van der Waals surface area contributed by atoms with Crippen molar-refractivity contribution in [3.63, 3.8) is 0 Å². The Morgan fingerprint density at radius 2 is 2.13 bits per heavy atom. The molecule has 3 rings (SSSR count). The molecular formula is C19H26N2O2. The molecule has 124 valence electrons. The fraction of sp³-hybridized carbons (Fsp3) is 0.526. The third-order valence-corrected chi connectivity index (χ3v) is 4.86. The number of ether oxygens (including phenoxy) is 1. The molecule has 1 aliphatic rings. The molecule has 23 heavy (non-hydrogen) atoms. The molecule has 1 aliphatic heterocycles. The predicted octanol–water partition coefficient (Wildman–Crippen LogP) is 4.14. The van der Waals surface area contributed by atoms with Crippen LogP contribution in [-0.4, -0.2) is 37.3 Å². The van der Waals surface area contributed by atoms with Crippen LogP contribution < -0.4 is 4.74 Å².